The van der Waals surface area contributed by atoms with E-state index in [0.29, 0.717) is 5.92 Å². The van der Waals surface area contributed by atoms with Crippen molar-refractivity contribution in [1.29, 1.82) is 0 Å². The van der Waals surface area contributed by atoms with Gasteiger partial charge in [0, 0.05) is 10.8 Å². The van der Waals surface area contributed by atoms with Crippen molar-refractivity contribution in [2.75, 3.05) is 0 Å². The molecule has 0 aliphatic rings. The highest BCUT2D eigenvalue weighted by Gasteiger charge is 2.20. The summed E-state index contributed by atoms with van der Waals surface area (Å²) in [7, 11) is 0. The summed E-state index contributed by atoms with van der Waals surface area (Å²) in [6.45, 7) is 10.8. The molecular formula is C11H20N2S. The SMILES string of the molecule is CC(C)C(N)c1nc(C(C)(C)C)cs1. The van der Waals surface area contributed by atoms with Gasteiger partial charge in [-0.1, -0.05) is 34.6 Å². The third-order valence-corrected chi connectivity index (χ3v) is 3.24. The molecule has 3 heteroatoms. The fourth-order valence-electron chi connectivity index (χ4n) is 1.07. The smallest absolute Gasteiger partial charge is 0.110 e. The Kier molecular flexibility index (Phi) is 3.32. The van der Waals surface area contributed by atoms with Crippen molar-refractivity contribution in [3.63, 3.8) is 0 Å². The highest BCUT2D eigenvalue weighted by atomic mass is 32.1. The van der Waals surface area contributed by atoms with Gasteiger partial charge in [0.25, 0.3) is 0 Å². The van der Waals surface area contributed by atoms with Crippen LogP contribution in [-0.2, 0) is 5.41 Å². The Bertz CT molecular complexity index is 296. The molecule has 14 heavy (non-hydrogen) atoms. The summed E-state index contributed by atoms with van der Waals surface area (Å²) < 4.78 is 0. The minimum absolute atomic E-state index is 0.0797. The van der Waals surface area contributed by atoms with Gasteiger partial charge in [-0.15, -0.1) is 11.3 Å². The first-order valence-electron chi connectivity index (χ1n) is 5.04. The van der Waals surface area contributed by atoms with E-state index in [1.807, 2.05) is 0 Å². The van der Waals surface area contributed by atoms with E-state index < -0.39 is 0 Å². The number of thiazole rings is 1. The maximum absolute atomic E-state index is 6.04. The average Bonchev–Trinajstić information content (AvgIpc) is 2.49. The highest BCUT2D eigenvalue weighted by Crippen LogP contribution is 2.28. The molecule has 0 amide bonds. The van der Waals surface area contributed by atoms with Crippen LogP contribution in [0.1, 0.15) is 51.4 Å². The van der Waals surface area contributed by atoms with Crippen molar-refractivity contribution < 1.29 is 0 Å². The predicted octanol–water partition coefficient (Wildman–Crippen LogP) is 3.10. The van der Waals surface area contributed by atoms with E-state index in [2.05, 4.69) is 45.0 Å². The van der Waals surface area contributed by atoms with Crippen molar-refractivity contribution in [2.45, 2.75) is 46.1 Å². The minimum atomic E-state index is 0.0797. The zero-order valence-electron chi connectivity index (χ0n) is 9.66. The standard InChI is InChI=1S/C11H20N2S/c1-7(2)9(12)10-13-8(6-14-10)11(3,4)5/h6-7,9H,12H2,1-5H3. The van der Waals surface area contributed by atoms with Gasteiger partial charge >= 0.3 is 0 Å². The lowest BCUT2D eigenvalue weighted by atomic mass is 9.93. The van der Waals surface area contributed by atoms with E-state index in [0.717, 1.165) is 10.7 Å². The molecule has 1 aromatic rings. The summed E-state index contributed by atoms with van der Waals surface area (Å²) in [5, 5.41) is 3.18. The Balaban J connectivity index is 2.89. The number of aromatic nitrogens is 1. The normalized spacial score (nSPS) is 14.8. The van der Waals surface area contributed by atoms with Crippen molar-refractivity contribution in [2.24, 2.45) is 11.7 Å². The molecule has 1 rings (SSSR count). The number of nitrogens with zero attached hydrogens (tertiary/aromatic N) is 1. The number of hydrogen-bond acceptors (Lipinski definition) is 3. The van der Waals surface area contributed by atoms with Crippen LogP contribution in [-0.4, -0.2) is 4.98 Å². The van der Waals surface area contributed by atoms with Crippen molar-refractivity contribution in [1.82, 2.24) is 4.98 Å². The molecule has 0 aliphatic heterocycles. The zero-order chi connectivity index (χ0) is 10.9. The summed E-state index contributed by atoms with van der Waals surface area (Å²) in [5.74, 6) is 0.453. The van der Waals surface area contributed by atoms with Crippen LogP contribution in [0.4, 0.5) is 0 Å². The molecule has 0 bridgehead atoms. The van der Waals surface area contributed by atoms with Gasteiger partial charge in [-0.25, -0.2) is 4.98 Å². The maximum Gasteiger partial charge on any atom is 0.110 e. The molecule has 0 saturated heterocycles. The number of nitrogens with two attached hydrogens (primary N) is 1. The summed E-state index contributed by atoms with van der Waals surface area (Å²) in [6.07, 6.45) is 0. The molecule has 0 fully saturated rings. The molecule has 1 atom stereocenters. The second-order valence-electron chi connectivity index (χ2n) is 5.09. The molecular weight excluding hydrogens is 192 g/mol. The van der Waals surface area contributed by atoms with Gasteiger partial charge in [-0.3, -0.25) is 0 Å². The Hall–Kier alpha value is -0.410. The van der Waals surface area contributed by atoms with Crippen LogP contribution in [0, 0.1) is 5.92 Å². The van der Waals surface area contributed by atoms with Gasteiger partial charge in [-0.05, 0) is 5.92 Å². The molecule has 0 aliphatic carbocycles. The summed E-state index contributed by atoms with van der Waals surface area (Å²) in [5.41, 5.74) is 7.32. The third-order valence-electron chi connectivity index (χ3n) is 2.29. The van der Waals surface area contributed by atoms with Crippen molar-refractivity contribution in [3.05, 3.63) is 16.1 Å². The first-order chi connectivity index (χ1) is 6.32. The van der Waals surface area contributed by atoms with Crippen molar-refractivity contribution in [3.8, 4) is 0 Å². The summed E-state index contributed by atoms with van der Waals surface area (Å²) in [6, 6.07) is 0.0797. The second-order valence-corrected chi connectivity index (χ2v) is 5.98. The Labute approximate surface area is 90.6 Å². The average molecular weight is 212 g/mol. The van der Waals surface area contributed by atoms with Crippen LogP contribution in [0.3, 0.4) is 0 Å². The summed E-state index contributed by atoms with van der Waals surface area (Å²) >= 11 is 1.68. The zero-order valence-corrected chi connectivity index (χ0v) is 10.5. The number of rotatable bonds is 2. The lowest BCUT2D eigenvalue weighted by Crippen LogP contribution is -2.18. The van der Waals surface area contributed by atoms with Crippen molar-refractivity contribution >= 4 is 11.3 Å². The monoisotopic (exact) mass is 212 g/mol. The molecule has 2 N–H and O–H groups in total. The van der Waals surface area contributed by atoms with Gasteiger partial charge in [0.05, 0.1) is 11.7 Å². The Morgan fingerprint density at radius 1 is 1.36 bits per heavy atom. The molecule has 80 valence electrons. The fourth-order valence-corrected chi connectivity index (χ4v) is 2.29. The predicted molar refractivity (Wildman–Crippen MR) is 62.6 cm³/mol. The van der Waals surface area contributed by atoms with E-state index in [1.54, 1.807) is 11.3 Å². The van der Waals surface area contributed by atoms with Crippen LogP contribution in [0.15, 0.2) is 5.38 Å². The highest BCUT2D eigenvalue weighted by molar-refractivity contribution is 7.09. The largest absolute Gasteiger partial charge is 0.322 e. The Morgan fingerprint density at radius 2 is 1.93 bits per heavy atom. The van der Waals surface area contributed by atoms with Gasteiger partial charge in [0.2, 0.25) is 0 Å². The van der Waals surface area contributed by atoms with Gasteiger partial charge < -0.3 is 5.73 Å². The topological polar surface area (TPSA) is 38.9 Å². The van der Waals surface area contributed by atoms with Gasteiger partial charge in [-0.2, -0.15) is 0 Å². The third kappa shape index (κ3) is 2.55. The van der Waals surface area contributed by atoms with Crippen LogP contribution in [0.25, 0.3) is 0 Å². The van der Waals surface area contributed by atoms with Gasteiger partial charge in [0.1, 0.15) is 5.01 Å². The van der Waals surface area contributed by atoms with E-state index >= 15 is 0 Å². The number of hydrogen-bond donors (Lipinski definition) is 1. The molecule has 2 nitrogen and oxygen atoms in total. The van der Waals surface area contributed by atoms with Crippen LogP contribution in [0.5, 0.6) is 0 Å². The minimum Gasteiger partial charge on any atom is -0.322 e. The Morgan fingerprint density at radius 3 is 2.29 bits per heavy atom. The molecule has 0 saturated carbocycles. The molecule has 0 radical (unpaired) electrons. The fraction of sp³-hybridized carbons (Fsp3) is 0.727. The molecule has 0 aromatic carbocycles. The first-order valence-corrected chi connectivity index (χ1v) is 5.92. The first kappa shape index (κ1) is 11.7. The second kappa shape index (κ2) is 3.99. The quantitative estimate of drug-likeness (QED) is 0.818. The lowest BCUT2D eigenvalue weighted by Gasteiger charge is -2.15. The molecule has 1 unspecified atom stereocenters. The molecule has 1 heterocycles. The van der Waals surface area contributed by atoms with Crippen LogP contribution in [0.2, 0.25) is 0 Å². The lowest BCUT2D eigenvalue weighted by molar-refractivity contribution is 0.504. The molecule has 0 spiro atoms. The summed E-state index contributed by atoms with van der Waals surface area (Å²) in [4.78, 5) is 4.60. The van der Waals surface area contributed by atoms with E-state index in [-0.39, 0.29) is 11.5 Å². The van der Waals surface area contributed by atoms with E-state index in [9.17, 15) is 0 Å². The van der Waals surface area contributed by atoms with Gasteiger partial charge in [0.15, 0.2) is 0 Å². The van der Waals surface area contributed by atoms with E-state index in [4.69, 9.17) is 5.73 Å². The van der Waals surface area contributed by atoms with Crippen LogP contribution < -0.4 is 5.73 Å². The van der Waals surface area contributed by atoms with Crippen LogP contribution >= 0.6 is 11.3 Å². The molecule has 1 aromatic heterocycles. The van der Waals surface area contributed by atoms with E-state index in [1.165, 1.54) is 0 Å². The maximum atomic E-state index is 6.04.